The Morgan fingerprint density at radius 3 is 2.69 bits per heavy atom. The largest absolute Gasteiger partial charge is 0.395 e. The van der Waals surface area contributed by atoms with Crippen molar-refractivity contribution in [2.24, 2.45) is 11.3 Å². The number of rotatable bonds is 4. The van der Waals surface area contributed by atoms with E-state index in [-0.39, 0.29) is 17.4 Å². The van der Waals surface area contributed by atoms with E-state index in [1.807, 2.05) is 10.9 Å². The minimum atomic E-state index is -0.130. The molecular weight excluding hydrogens is 202 g/mol. The Morgan fingerprint density at radius 1 is 1.50 bits per heavy atom. The van der Waals surface area contributed by atoms with Gasteiger partial charge in [0.15, 0.2) is 0 Å². The third-order valence-electron chi connectivity index (χ3n) is 4.36. The summed E-state index contributed by atoms with van der Waals surface area (Å²) >= 11 is 0. The number of aliphatic hydroxyl groups is 1. The highest BCUT2D eigenvalue weighted by molar-refractivity contribution is 5.30. The van der Waals surface area contributed by atoms with Crippen LogP contribution in [0.25, 0.3) is 0 Å². The van der Waals surface area contributed by atoms with Gasteiger partial charge in [0, 0.05) is 18.2 Å². The first-order valence-corrected chi connectivity index (χ1v) is 6.09. The fourth-order valence-electron chi connectivity index (χ4n) is 2.67. The minimum Gasteiger partial charge on any atom is -0.395 e. The zero-order valence-corrected chi connectivity index (χ0v) is 9.98. The smallest absolute Gasteiger partial charge is 0.0917 e. The number of hydrogen-bond acceptors (Lipinski definition) is 3. The highest BCUT2D eigenvalue weighted by atomic mass is 16.3. The van der Waals surface area contributed by atoms with Gasteiger partial charge in [-0.3, -0.25) is 4.68 Å². The molecule has 16 heavy (non-hydrogen) atoms. The normalized spacial score (nSPS) is 31.7. The Labute approximate surface area is 95.7 Å². The first-order valence-electron chi connectivity index (χ1n) is 6.09. The Balaban J connectivity index is 1.81. The fraction of sp³-hybridized carbons (Fsp3) is 0.833. The minimum absolute atomic E-state index is 0.130. The van der Waals surface area contributed by atoms with E-state index in [4.69, 9.17) is 0 Å². The molecule has 88 valence electrons. The number of hydrogen-bond donors (Lipinski definition) is 1. The summed E-state index contributed by atoms with van der Waals surface area (Å²) in [5, 5.41) is 18.0. The Hall–Kier alpha value is -0.900. The average molecular weight is 221 g/mol. The molecule has 0 radical (unpaired) electrons. The van der Waals surface area contributed by atoms with Crippen molar-refractivity contribution in [1.82, 2.24) is 15.0 Å². The van der Waals surface area contributed by atoms with Crippen LogP contribution < -0.4 is 0 Å². The van der Waals surface area contributed by atoms with Gasteiger partial charge in [0.2, 0.25) is 0 Å². The molecule has 4 nitrogen and oxygen atoms in total. The highest BCUT2D eigenvalue weighted by Gasteiger charge is 2.63. The summed E-state index contributed by atoms with van der Waals surface area (Å²) in [5.41, 5.74) is 1.01. The SMILES string of the molecule is CC1(C)CC1(CO)c1cn(CC2CC2)nn1. The van der Waals surface area contributed by atoms with Crippen LogP contribution in [0.1, 0.15) is 38.8 Å². The summed E-state index contributed by atoms with van der Waals surface area (Å²) in [6.07, 6.45) is 5.69. The van der Waals surface area contributed by atoms with Gasteiger partial charge in [-0.2, -0.15) is 0 Å². The monoisotopic (exact) mass is 221 g/mol. The number of aliphatic hydroxyl groups excluding tert-OH is 1. The predicted octanol–water partition coefficient (Wildman–Crippen LogP) is 1.35. The Kier molecular flexibility index (Phi) is 1.97. The molecule has 2 fully saturated rings. The van der Waals surface area contributed by atoms with E-state index < -0.39 is 0 Å². The molecule has 0 bridgehead atoms. The van der Waals surface area contributed by atoms with Crippen LogP contribution in [0.5, 0.6) is 0 Å². The van der Waals surface area contributed by atoms with Crippen molar-refractivity contribution in [2.75, 3.05) is 6.61 Å². The third-order valence-corrected chi connectivity index (χ3v) is 4.36. The Morgan fingerprint density at radius 2 is 2.19 bits per heavy atom. The summed E-state index contributed by atoms with van der Waals surface area (Å²) in [5.74, 6) is 0.812. The maximum absolute atomic E-state index is 9.57. The lowest BCUT2D eigenvalue weighted by Gasteiger charge is -2.13. The molecule has 0 spiro atoms. The average Bonchev–Trinajstić information content (AvgIpc) is 3.06. The van der Waals surface area contributed by atoms with Gasteiger partial charge in [-0.15, -0.1) is 5.10 Å². The maximum atomic E-state index is 9.57. The van der Waals surface area contributed by atoms with E-state index in [1.54, 1.807) is 0 Å². The molecule has 1 aromatic rings. The standard InChI is InChI=1S/C12H19N3O/c1-11(2)7-12(11,8-16)10-6-15(14-13-10)5-9-3-4-9/h6,9,16H,3-5,7-8H2,1-2H3. The molecule has 2 aliphatic carbocycles. The van der Waals surface area contributed by atoms with E-state index in [0.717, 1.165) is 24.6 Å². The van der Waals surface area contributed by atoms with Crippen molar-refractivity contribution in [1.29, 1.82) is 0 Å². The van der Waals surface area contributed by atoms with Gasteiger partial charge in [0.05, 0.1) is 12.3 Å². The molecule has 1 unspecified atom stereocenters. The van der Waals surface area contributed by atoms with Crippen LogP contribution in [-0.4, -0.2) is 26.7 Å². The summed E-state index contributed by atoms with van der Waals surface area (Å²) in [6, 6.07) is 0. The van der Waals surface area contributed by atoms with Gasteiger partial charge >= 0.3 is 0 Å². The molecule has 2 saturated carbocycles. The van der Waals surface area contributed by atoms with Gasteiger partial charge in [0.1, 0.15) is 0 Å². The summed E-state index contributed by atoms with van der Waals surface area (Å²) < 4.78 is 1.94. The fourth-order valence-corrected chi connectivity index (χ4v) is 2.67. The van der Waals surface area contributed by atoms with E-state index in [0.29, 0.717) is 0 Å². The Bertz CT molecular complexity index is 408. The van der Waals surface area contributed by atoms with Gasteiger partial charge in [0.25, 0.3) is 0 Å². The molecule has 2 aliphatic rings. The molecule has 0 amide bonds. The molecule has 3 rings (SSSR count). The van der Waals surface area contributed by atoms with E-state index in [1.165, 1.54) is 12.8 Å². The quantitative estimate of drug-likeness (QED) is 0.835. The van der Waals surface area contributed by atoms with Crippen LogP contribution in [0, 0.1) is 11.3 Å². The van der Waals surface area contributed by atoms with E-state index >= 15 is 0 Å². The lowest BCUT2D eigenvalue weighted by molar-refractivity contribution is 0.228. The molecule has 1 aromatic heterocycles. The van der Waals surface area contributed by atoms with Gasteiger partial charge in [-0.05, 0) is 30.6 Å². The second kappa shape index (κ2) is 3.06. The van der Waals surface area contributed by atoms with Gasteiger partial charge in [-0.25, -0.2) is 0 Å². The first-order chi connectivity index (χ1) is 7.57. The zero-order valence-electron chi connectivity index (χ0n) is 9.98. The van der Waals surface area contributed by atoms with Crippen LogP contribution >= 0.6 is 0 Å². The predicted molar refractivity (Wildman–Crippen MR) is 59.9 cm³/mol. The molecule has 1 N–H and O–H groups in total. The highest BCUT2D eigenvalue weighted by Crippen LogP contribution is 2.63. The number of aromatic nitrogens is 3. The van der Waals surface area contributed by atoms with E-state index in [2.05, 4.69) is 24.2 Å². The molecule has 4 heteroatoms. The lowest BCUT2D eigenvalue weighted by Crippen LogP contribution is -2.19. The molecule has 1 atom stereocenters. The van der Waals surface area contributed by atoms with Crippen molar-refractivity contribution >= 4 is 0 Å². The second-order valence-corrected chi connectivity index (χ2v) is 6.07. The third kappa shape index (κ3) is 1.39. The maximum Gasteiger partial charge on any atom is 0.0917 e. The molecule has 0 aromatic carbocycles. The van der Waals surface area contributed by atoms with Gasteiger partial charge in [-0.1, -0.05) is 19.1 Å². The lowest BCUT2D eigenvalue weighted by atomic mass is 9.94. The first kappa shape index (κ1) is 10.3. The van der Waals surface area contributed by atoms with Crippen molar-refractivity contribution in [3.05, 3.63) is 11.9 Å². The van der Waals surface area contributed by atoms with Crippen LogP contribution in [-0.2, 0) is 12.0 Å². The van der Waals surface area contributed by atoms with Crippen molar-refractivity contribution in [3.63, 3.8) is 0 Å². The van der Waals surface area contributed by atoms with Crippen molar-refractivity contribution < 1.29 is 5.11 Å². The van der Waals surface area contributed by atoms with Crippen molar-refractivity contribution in [3.8, 4) is 0 Å². The van der Waals surface area contributed by atoms with Gasteiger partial charge < -0.3 is 5.11 Å². The van der Waals surface area contributed by atoms with Crippen LogP contribution in [0.3, 0.4) is 0 Å². The zero-order chi connectivity index (χ0) is 11.4. The molecular formula is C12H19N3O. The van der Waals surface area contributed by atoms with Crippen LogP contribution in [0.15, 0.2) is 6.20 Å². The summed E-state index contributed by atoms with van der Waals surface area (Å²) in [4.78, 5) is 0. The molecule has 0 aliphatic heterocycles. The van der Waals surface area contributed by atoms with E-state index in [9.17, 15) is 5.11 Å². The molecule has 0 saturated heterocycles. The topological polar surface area (TPSA) is 50.9 Å². The molecule has 1 heterocycles. The van der Waals surface area contributed by atoms with Crippen LogP contribution in [0.4, 0.5) is 0 Å². The van der Waals surface area contributed by atoms with Crippen LogP contribution in [0.2, 0.25) is 0 Å². The van der Waals surface area contributed by atoms with Crippen molar-refractivity contribution in [2.45, 2.75) is 45.1 Å². The second-order valence-electron chi connectivity index (χ2n) is 6.07. The summed E-state index contributed by atoms with van der Waals surface area (Å²) in [6.45, 7) is 5.54. The number of nitrogens with zero attached hydrogens (tertiary/aromatic N) is 3. The summed E-state index contributed by atoms with van der Waals surface area (Å²) in [7, 11) is 0.